The first-order chi connectivity index (χ1) is 9.56. The van der Waals surface area contributed by atoms with Crippen molar-refractivity contribution in [3.8, 4) is 0 Å². The standard InChI is InChI=1S/C15H18FNO2S/c1-10(18)12-5-6-14(13(16)7-12)20-9-15(19)17-8-11-3-2-4-11/h5-7,11H,2-4,8-9H2,1H3,(H,17,19). The van der Waals surface area contributed by atoms with E-state index < -0.39 is 5.82 Å². The summed E-state index contributed by atoms with van der Waals surface area (Å²) in [5.41, 5.74) is 0.348. The molecule has 20 heavy (non-hydrogen) atoms. The Bertz CT molecular complexity index is 515. The largest absolute Gasteiger partial charge is 0.355 e. The monoisotopic (exact) mass is 295 g/mol. The van der Waals surface area contributed by atoms with Gasteiger partial charge in [0, 0.05) is 17.0 Å². The second-order valence-electron chi connectivity index (χ2n) is 5.09. The molecule has 0 unspecified atom stereocenters. The average molecular weight is 295 g/mol. The molecule has 0 atom stereocenters. The lowest BCUT2D eigenvalue weighted by Gasteiger charge is -2.25. The third-order valence-corrected chi connectivity index (χ3v) is 4.56. The molecule has 1 N–H and O–H groups in total. The molecule has 1 aromatic rings. The molecule has 1 aliphatic rings. The second-order valence-corrected chi connectivity index (χ2v) is 6.11. The summed E-state index contributed by atoms with van der Waals surface area (Å²) in [7, 11) is 0. The Labute approximate surface area is 122 Å². The molecule has 0 saturated heterocycles. The van der Waals surface area contributed by atoms with Crippen molar-refractivity contribution in [2.45, 2.75) is 31.1 Å². The van der Waals surface area contributed by atoms with E-state index in [1.54, 1.807) is 12.1 Å². The summed E-state index contributed by atoms with van der Waals surface area (Å²) in [4.78, 5) is 23.2. The highest BCUT2D eigenvalue weighted by atomic mass is 32.2. The first-order valence-corrected chi connectivity index (χ1v) is 7.75. The minimum absolute atomic E-state index is 0.0723. The third kappa shape index (κ3) is 4.07. The fourth-order valence-corrected chi connectivity index (χ4v) is 2.74. The van der Waals surface area contributed by atoms with E-state index in [0.29, 0.717) is 16.4 Å². The van der Waals surface area contributed by atoms with E-state index in [-0.39, 0.29) is 17.4 Å². The van der Waals surface area contributed by atoms with Gasteiger partial charge in [0.2, 0.25) is 5.91 Å². The van der Waals surface area contributed by atoms with Gasteiger partial charge in [0.05, 0.1) is 5.75 Å². The van der Waals surface area contributed by atoms with Gasteiger partial charge >= 0.3 is 0 Å². The first-order valence-electron chi connectivity index (χ1n) is 6.76. The van der Waals surface area contributed by atoms with E-state index in [0.717, 1.165) is 18.3 Å². The number of halogens is 1. The van der Waals surface area contributed by atoms with E-state index >= 15 is 0 Å². The first kappa shape index (κ1) is 15.0. The van der Waals surface area contributed by atoms with Gasteiger partial charge in [-0.15, -0.1) is 11.8 Å². The number of amides is 1. The molecule has 1 saturated carbocycles. The fraction of sp³-hybridized carbons (Fsp3) is 0.467. The van der Waals surface area contributed by atoms with Crippen molar-refractivity contribution in [3.63, 3.8) is 0 Å². The predicted molar refractivity (Wildman–Crippen MR) is 77.5 cm³/mol. The van der Waals surface area contributed by atoms with Crippen LogP contribution in [0.4, 0.5) is 4.39 Å². The van der Waals surface area contributed by atoms with Crippen molar-refractivity contribution in [3.05, 3.63) is 29.6 Å². The molecule has 0 aliphatic heterocycles. The molecule has 108 valence electrons. The average Bonchev–Trinajstić information content (AvgIpc) is 2.35. The van der Waals surface area contributed by atoms with Gasteiger partial charge in [-0.2, -0.15) is 0 Å². The van der Waals surface area contributed by atoms with Crippen molar-refractivity contribution in [2.75, 3.05) is 12.3 Å². The molecule has 1 aliphatic carbocycles. The zero-order valence-electron chi connectivity index (χ0n) is 11.4. The lowest BCUT2D eigenvalue weighted by Crippen LogP contribution is -2.33. The SMILES string of the molecule is CC(=O)c1ccc(SCC(=O)NCC2CCC2)c(F)c1. The molecule has 1 fully saturated rings. The molecule has 0 bridgehead atoms. The number of carbonyl (C=O) groups excluding carboxylic acids is 2. The number of Topliss-reactive ketones (excluding diaryl/α,β-unsaturated/α-hetero) is 1. The van der Waals surface area contributed by atoms with E-state index in [1.807, 2.05) is 0 Å². The number of ketones is 1. The molecular formula is C15H18FNO2S. The summed E-state index contributed by atoms with van der Waals surface area (Å²) in [6.45, 7) is 2.13. The summed E-state index contributed by atoms with van der Waals surface area (Å²) in [5.74, 6) is 0.129. The van der Waals surface area contributed by atoms with Crippen LogP contribution in [-0.2, 0) is 4.79 Å². The van der Waals surface area contributed by atoms with Crippen LogP contribution in [0.2, 0.25) is 0 Å². The summed E-state index contributed by atoms with van der Waals surface area (Å²) in [6.07, 6.45) is 3.63. The number of hydrogen-bond acceptors (Lipinski definition) is 3. The Hall–Kier alpha value is -1.36. The van der Waals surface area contributed by atoms with Crippen LogP contribution in [0.5, 0.6) is 0 Å². The van der Waals surface area contributed by atoms with Crippen LogP contribution in [0.25, 0.3) is 0 Å². The van der Waals surface area contributed by atoms with E-state index in [1.165, 1.54) is 32.3 Å². The summed E-state index contributed by atoms with van der Waals surface area (Å²) < 4.78 is 13.7. The summed E-state index contributed by atoms with van der Waals surface area (Å²) in [5, 5.41) is 2.87. The highest BCUT2D eigenvalue weighted by Crippen LogP contribution is 2.25. The topological polar surface area (TPSA) is 46.2 Å². The summed E-state index contributed by atoms with van der Waals surface area (Å²) >= 11 is 1.15. The van der Waals surface area contributed by atoms with Gasteiger partial charge in [-0.05, 0) is 37.8 Å². The molecule has 0 radical (unpaired) electrons. The van der Waals surface area contributed by atoms with Crippen molar-refractivity contribution in [1.82, 2.24) is 5.32 Å². The Morgan fingerprint density at radius 3 is 2.70 bits per heavy atom. The maximum atomic E-state index is 13.7. The molecule has 0 aromatic heterocycles. The predicted octanol–water partition coefficient (Wildman–Crippen LogP) is 3.04. The number of nitrogens with one attached hydrogen (secondary N) is 1. The van der Waals surface area contributed by atoms with E-state index in [9.17, 15) is 14.0 Å². The van der Waals surface area contributed by atoms with E-state index in [2.05, 4.69) is 5.32 Å². The van der Waals surface area contributed by atoms with Crippen LogP contribution in [0.3, 0.4) is 0 Å². The van der Waals surface area contributed by atoms with Crippen LogP contribution in [0, 0.1) is 11.7 Å². The van der Waals surface area contributed by atoms with E-state index in [4.69, 9.17) is 0 Å². The lowest BCUT2D eigenvalue weighted by molar-refractivity contribution is -0.118. The van der Waals surface area contributed by atoms with Gasteiger partial charge in [0.25, 0.3) is 0 Å². The number of rotatable bonds is 6. The van der Waals surface area contributed by atoms with Gasteiger partial charge in [-0.1, -0.05) is 12.5 Å². The minimum Gasteiger partial charge on any atom is -0.355 e. The van der Waals surface area contributed by atoms with Gasteiger partial charge in [-0.3, -0.25) is 9.59 Å². The molecule has 0 heterocycles. The number of hydrogen-bond donors (Lipinski definition) is 1. The molecule has 1 aromatic carbocycles. The summed E-state index contributed by atoms with van der Waals surface area (Å²) in [6, 6.07) is 4.35. The van der Waals surface area contributed by atoms with Crippen LogP contribution < -0.4 is 5.32 Å². The highest BCUT2D eigenvalue weighted by molar-refractivity contribution is 8.00. The molecule has 0 spiro atoms. The van der Waals surface area contributed by atoms with Crippen molar-refractivity contribution >= 4 is 23.5 Å². The van der Waals surface area contributed by atoms with Crippen molar-refractivity contribution < 1.29 is 14.0 Å². The zero-order valence-corrected chi connectivity index (χ0v) is 12.3. The van der Waals surface area contributed by atoms with Crippen molar-refractivity contribution in [2.24, 2.45) is 5.92 Å². The van der Waals surface area contributed by atoms with Crippen LogP contribution >= 0.6 is 11.8 Å². The molecule has 1 amide bonds. The number of thioether (sulfide) groups is 1. The van der Waals surface area contributed by atoms with Gasteiger partial charge in [-0.25, -0.2) is 4.39 Å². The Balaban J connectivity index is 1.80. The zero-order chi connectivity index (χ0) is 14.5. The Kier molecular flexibility index (Phi) is 5.17. The number of carbonyl (C=O) groups is 2. The molecular weight excluding hydrogens is 277 g/mol. The Morgan fingerprint density at radius 1 is 1.40 bits per heavy atom. The Morgan fingerprint density at radius 2 is 2.15 bits per heavy atom. The van der Waals surface area contributed by atoms with Gasteiger partial charge in [0.1, 0.15) is 5.82 Å². The van der Waals surface area contributed by atoms with Gasteiger partial charge < -0.3 is 5.32 Å². The molecule has 5 heteroatoms. The quantitative estimate of drug-likeness (QED) is 0.648. The van der Waals surface area contributed by atoms with Crippen molar-refractivity contribution in [1.29, 1.82) is 0 Å². The molecule has 3 nitrogen and oxygen atoms in total. The number of benzene rings is 1. The smallest absolute Gasteiger partial charge is 0.230 e. The molecule has 2 rings (SSSR count). The maximum absolute atomic E-state index is 13.7. The maximum Gasteiger partial charge on any atom is 0.230 e. The van der Waals surface area contributed by atoms with Crippen LogP contribution in [0.1, 0.15) is 36.5 Å². The van der Waals surface area contributed by atoms with Crippen LogP contribution in [-0.4, -0.2) is 24.0 Å². The fourth-order valence-electron chi connectivity index (χ4n) is 1.99. The lowest BCUT2D eigenvalue weighted by atomic mass is 9.85. The minimum atomic E-state index is -0.450. The van der Waals surface area contributed by atoms with Gasteiger partial charge in [0.15, 0.2) is 5.78 Å². The third-order valence-electron chi connectivity index (χ3n) is 3.51. The highest BCUT2D eigenvalue weighted by Gasteiger charge is 2.18. The van der Waals surface area contributed by atoms with Crippen LogP contribution in [0.15, 0.2) is 23.1 Å². The normalized spacial score (nSPS) is 14.7. The second kappa shape index (κ2) is 6.88.